The molecule has 2 rings (SSSR count). The maximum Gasteiger partial charge on any atom is 0.214 e. The largest absolute Gasteiger partial charge is 0.328 e. The third kappa shape index (κ3) is 4.86. The van der Waals surface area contributed by atoms with E-state index >= 15 is 0 Å². The number of sulfonamides is 1. The molecule has 1 aliphatic carbocycles. The van der Waals surface area contributed by atoms with Gasteiger partial charge in [0.05, 0.1) is 5.75 Å². The zero-order valence-electron chi connectivity index (χ0n) is 12.5. The molecule has 120 valence electrons. The lowest BCUT2D eigenvalue weighted by atomic mass is 9.91. The van der Waals surface area contributed by atoms with Crippen molar-refractivity contribution in [2.24, 2.45) is 17.6 Å². The summed E-state index contributed by atoms with van der Waals surface area (Å²) in [5.41, 5.74) is 5.90. The van der Waals surface area contributed by atoms with E-state index in [4.69, 9.17) is 5.73 Å². The molecule has 1 atom stereocenters. The van der Waals surface area contributed by atoms with Crippen molar-refractivity contribution < 1.29 is 8.42 Å². The number of halogens is 1. The van der Waals surface area contributed by atoms with Crippen LogP contribution in [0.2, 0.25) is 0 Å². The predicted molar refractivity (Wildman–Crippen MR) is 85.6 cm³/mol. The monoisotopic (exact) mass is 324 g/mol. The first-order valence-electron chi connectivity index (χ1n) is 7.72. The second kappa shape index (κ2) is 7.97. The molecule has 1 unspecified atom stereocenters. The van der Waals surface area contributed by atoms with Gasteiger partial charge in [0.25, 0.3) is 0 Å². The van der Waals surface area contributed by atoms with E-state index in [1.807, 2.05) is 6.92 Å². The molecule has 0 aromatic carbocycles. The van der Waals surface area contributed by atoms with Gasteiger partial charge in [-0.25, -0.2) is 12.7 Å². The zero-order chi connectivity index (χ0) is 13.9. The van der Waals surface area contributed by atoms with Crippen molar-refractivity contribution in [3.05, 3.63) is 0 Å². The van der Waals surface area contributed by atoms with Gasteiger partial charge in [-0.1, -0.05) is 19.3 Å². The van der Waals surface area contributed by atoms with Crippen LogP contribution in [0, 0.1) is 11.8 Å². The van der Waals surface area contributed by atoms with Crippen LogP contribution in [0.15, 0.2) is 0 Å². The number of hydrogen-bond donors (Lipinski definition) is 1. The molecule has 0 aromatic rings. The topological polar surface area (TPSA) is 63.4 Å². The van der Waals surface area contributed by atoms with E-state index in [9.17, 15) is 8.42 Å². The highest BCUT2D eigenvalue weighted by Gasteiger charge is 2.31. The predicted octanol–water partition coefficient (Wildman–Crippen LogP) is 2.38. The lowest BCUT2D eigenvalue weighted by Crippen LogP contribution is -2.44. The summed E-state index contributed by atoms with van der Waals surface area (Å²) < 4.78 is 26.6. The van der Waals surface area contributed by atoms with Crippen LogP contribution in [0.1, 0.15) is 51.9 Å². The third-order valence-corrected chi connectivity index (χ3v) is 6.85. The van der Waals surface area contributed by atoms with Crippen molar-refractivity contribution in [2.45, 2.75) is 57.9 Å². The fourth-order valence-electron chi connectivity index (χ4n) is 3.44. The number of piperidine rings is 1. The number of nitrogens with two attached hydrogens (primary N) is 1. The van der Waals surface area contributed by atoms with Crippen LogP contribution >= 0.6 is 12.4 Å². The molecule has 4 nitrogen and oxygen atoms in total. The Kier molecular flexibility index (Phi) is 7.25. The Morgan fingerprint density at radius 2 is 1.65 bits per heavy atom. The lowest BCUT2D eigenvalue weighted by molar-refractivity contribution is 0.248. The van der Waals surface area contributed by atoms with Crippen molar-refractivity contribution in [1.82, 2.24) is 4.31 Å². The van der Waals surface area contributed by atoms with Gasteiger partial charge in [0.15, 0.2) is 0 Å². The van der Waals surface area contributed by atoms with E-state index < -0.39 is 10.0 Å². The van der Waals surface area contributed by atoms with Crippen LogP contribution in [0.3, 0.4) is 0 Å². The summed E-state index contributed by atoms with van der Waals surface area (Å²) in [6.45, 7) is 3.36. The van der Waals surface area contributed by atoms with Crippen molar-refractivity contribution in [1.29, 1.82) is 0 Å². The molecular formula is C14H29ClN2O2S. The third-order valence-electron chi connectivity index (χ3n) is 4.81. The molecule has 6 heteroatoms. The zero-order valence-corrected chi connectivity index (χ0v) is 14.1. The molecule has 20 heavy (non-hydrogen) atoms. The van der Waals surface area contributed by atoms with E-state index in [0.717, 1.165) is 25.7 Å². The van der Waals surface area contributed by atoms with Crippen molar-refractivity contribution >= 4 is 22.4 Å². The fraction of sp³-hybridized carbons (Fsp3) is 1.00. The number of nitrogens with zero attached hydrogens (tertiary/aromatic N) is 1. The molecule has 1 heterocycles. The molecule has 1 saturated carbocycles. The Hall–Kier alpha value is 0.160. The van der Waals surface area contributed by atoms with Gasteiger partial charge in [0.1, 0.15) is 0 Å². The minimum absolute atomic E-state index is 0. The summed E-state index contributed by atoms with van der Waals surface area (Å²) in [6, 6.07) is 0.184. The highest BCUT2D eigenvalue weighted by Crippen LogP contribution is 2.28. The quantitative estimate of drug-likeness (QED) is 0.863. The first-order chi connectivity index (χ1) is 8.99. The van der Waals surface area contributed by atoms with Gasteiger partial charge in [0, 0.05) is 19.1 Å². The smallest absolute Gasteiger partial charge is 0.214 e. The average molecular weight is 325 g/mol. The Bertz CT molecular complexity index is 373. The molecule has 0 bridgehead atoms. The molecule has 2 fully saturated rings. The molecular weight excluding hydrogens is 296 g/mol. The van der Waals surface area contributed by atoms with Crippen LogP contribution in [0.25, 0.3) is 0 Å². The number of hydrogen-bond acceptors (Lipinski definition) is 3. The molecule has 0 spiro atoms. The van der Waals surface area contributed by atoms with Gasteiger partial charge < -0.3 is 5.73 Å². The first kappa shape index (κ1) is 18.2. The van der Waals surface area contributed by atoms with Gasteiger partial charge >= 0.3 is 0 Å². The van der Waals surface area contributed by atoms with Gasteiger partial charge in [-0.2, -0.15) is 0 Å². The van der Waals surface area contributed by atoms with Gasteiger partial charge in [-0.3, -0.25) is 0 Å². The normalized spacial score (nSPS) is 25.1. The molecule has 1 saturated heterocycles. The van der Waals surface area contributed by atoms with E-state index in [1.54, 1.807) is 4.31 Å². The van der Waals surface area contributed by atoms with Gasteiger partial charge in [0.2, 0.25) is 10.0 Å². The van der Waals surface area contributed by atoms with E-state index in [1.165, 1.54) is 19.3 Å². The Morgan fingerprint density at radius 3 is 2.15 bits per heavy atom. The first-order valence-corrected chi connectivity index (χ1v) is 9.33. The van der Waals surface area contributed by atoms with Gasteiger partial charge in [-0.05, 0) is 44.4 Å². The second-order valence-electron chi connectivity index (χ2n) is 6.38. The molecule has 2 aliphatic rings. The summed E-state index contributed by atoms with van der Waals surface area (Å²) in [5, 5.41) is 0. The van der Waals surface area contributed by atoms with Crippen LogP contribution in [-0.4, -0.2) is 37.6 Å². The fourth-order valence-corrected chi connectivity index (χ4v) is 5.34. The molecule has 0 aromatic heterocycles. The van der Waals surface area contributed by atoms with Crippen LogP contribution in [0.5, 0.6) is 0 Å². The highest BCUT2D eigenvalue weighted by molar-refractivity contribution is 7.89. The van der Waals surface area contributed by atoms with Crippen molar-refractivity contribution in [2.75, 3.05) is 18.8 Å². The Balaban J connectivity index is 0.00000200. The standard InChI is InChI=1S/C14H28N2O2S.ClH/c1-12(15)14-7-9-16(10-8-14)19(17,18)11-13-5-3-2-4-6-13;/h12-14H,2-11,15H2,1H3;1H. The van der Waals surface area contributed by atoms with E-state index in [-0.39, 0.29) is 18.4 Å². The van der Waals surface area contributed by atoms with Crippen LogP contribution in [-0.2, 0) is 10.0 Å². The minimum Gasteiger partial charge on any atom is -0.328 e. The van der Waals surface area contributed by atoms with Crippen LogP contribution < -0.4 is 5.73 Å². The summed E-state index contributed by atoms with van der Waals surface area (Å²) >= 11 is 0. The van der Waals surface area contributed by atoms with Crippen LogP contribution in [0.4, 0.5) is 0 Å². The SMILES string of the molecule is CC(N)C1CCN(S(=O)(=O)CC2CCCCC2)CC1.Cl. The molecule has 0 radical (unpaired) electrons. The molecule has 1 aliphatic heterocycles. The lowest BCUT2D eigenvalue weighted by Gasteiger charge is -2.34. The Labute approximate surface area is 129 Å². The maximum absolute atomic E-state index is 12.4. The molecule has 0 amide bonds. The summed E-state index contributed by atoms with van der Waals surface area (Å²) in [4.78, 5) is 0. The number of rotatable bonds is 4. The Morgan fingerprint density at radius 1 is 1.10 bits per heavy atom. The highest BCUT2D eigenvalue weighted by atomic mass is 35.5. The summed E-state index contributed by atoms with van der Waals surface area (Å²) in [7, 11) is -3.04. The van der Waals surface area contributed by atoms with Gasteiger partial charge in [-0.15, -0.1) is 12.4 Å². The maximum atomic E-state index is 12.4. The van der Waals surface area contributed by atoms with Crippen molar-refractivity contribution in [3.63, 3.8) is 0 Å². The average Bonchev–Trinajstić information content (AvgIpc) is 2.39. The van der Waals surface area contributed by atoms with Crippen molar-refractivity contribution in [3.8, 4) is 0 Å². The van der Waals surface area contributed by atoms with E-state index in [0.29, 0.717) is 30.7 Å². The second-order valence-corrected chi connectivity index (χ2v) is 8.39. The minimum atomic E-state index is -3.04. The van der Waals surface area contributed by atoms with E-state index in [2.05, 4.69) is 0 Å². The summed E-state index contributed by atoms with van der Waals surface area (Å²) in [5.74, 6) is 1.25. The summed E-state index contributed by atoms with van der Waals surface area (Å²) in [6.07, 6.45) is 7.70. The molecule has 2 N–H and O–H groups in total.